The van der Waals surface area contributed by atoms with E-state index in [1.165, 1.54) is 30.3 Å². The van der Waals surface area contributed by atoms with Gasteiger partial charge in [0.15, 0.2) is 0 Å². The Labute approximate surface area is 166 Å². The van der Waals surface area contributed by atoms with Gasteiger partial charge in [-0.1, -0.05) is 36.4 Å². The maximum Gasteiger partial charge on any atom is 0.417 e. The summed E-state index contributed by atoms with van der Waals surface area (Å²) in [6, 6.07) is 10.2. The van der Waals surface area contributed by atoms with Gasteiger partial charge in [-0.3, -0.25) is 9.78 Å². The van der Waals surface area contributed by atoms with Gasteiger partial charge in [-0.05, 0) is 29.3 Å². The van der Waals surface area contributed by atoms with Gasteiger partial charge in [0.05, 0.1) is 23.2 Å². The van der Waals surface area contributed by atoms with Crippen molar-refractivity contribution in [3.05, 3.63) is 77.5 Å². The summed E-state index contributed by atoms with van der Waals surface area (Å²) in [6.07, 6.45) is -9.10. The van der Waals surface area contributed by atoms with Crippen molar-refractivity contribution >= 4 is 5.97 Å². The molecule has 3 aromatic rings. The molecule has 3 nitrogen and oxygen atoms in total. The Morgan fingerprint density at radius 2 is 1.33 bits per heavy atom. The van der Waals surface area contributed by atoms with Crippen LogP contribution in [0.5, 0.6) is 0 Å². The molecule has 0 saturated carbocycles. The topological polar surface area (TPSA) is 50.2 Å². The third-order valence-electron chi connectivity index (χ3n) is 4.34. The first kappa shape index (κ1) is 21.4. The Hall–Kier alpha value is -3.36. The molecule has 0 spiro atoms. The minimum Gasteiger partial charge on any atom is -0.481 e. The summed E-state index contributed by atoms with van der Waals surface area (Å²) in [4.78, 5) is 15.2. The molecule has 0 aliphatic rings. The number of nitrogens with zero attached hydrogens (tertiary/aromatic N) is 1. The normalized spacial score (nSPS) is 12.1. The van der Waals surface area contributed by atoms with Crippen LogP contribution < -0.4 is 0 Å². The number of hydrogen-bond donors (Lipinski definition) is 1. The molecule has 156 valence electrons. The lowest BCUT2D eigenvalue weighted by atomic mass is 9.94. The van der Waals surface area contributed by atoms with E-state index in [0.29, 0.717) is 0 Å². The molecule has 0 radical (unpaired) electrons. The predicted octanol–water partition coefficient (Wildman–Crippen LogP) is 6.08. The molecular weight excluding hydrogens is 412 g/mol. The van der Waals surface area contributed by atoms with Crippen molar-refractivity contribution in [2.45, 2.75) is 18.8 Å². The predicted molar refractivity (Wildman–Crippen MR) is 96.5 cm³/mol. The van der Waals surface area contributed by atoms with E-state index >= 15 is 0 Å². The van der Waals surface area contributed by atoms with Gasteiger partial charge in [-0.2, -0.15) is 26.3 Å². The van der Waals surface area contributed by atoms with E-state index in [2.05, 4.69) is 4.98 Å². The van der Waals surface area contributed by atoms with E-state index in [9.17, 15) is 36.2 Å². The molecule has 2 aromatic carbocycles. The average molecular weight is 425 g/mol. The minimum absolute atomic E-state index is 0.0487. The standard InChI is InChI=1S/C21H13F6NO2/c22-20(23,24)16-7-3-1-5-14(16)13-9-12(10-18(29)30)19(28-11-13)15-6-2-4-8-17(15)21(25,26)27/h1-9,11H,10H2,(H,29,30). The van der Waals surface area contributed by atoms with E-state index in [1.54, 1.807) is 0 Å². The summed E-state index contributed by atoms with van der Waals surface area (Å²) in [6.45, 7) is 0. The van der Waals surface area contributed by atoms with Crippen LogP contribution in [-0.2, 0) is 23.6 Å². The molecule has 0 aliphatic carbocycles. The second kappa shape index (κ2) is 7.81. The Balaban J connectivity index is 2.23. The largest absolute Gasteiger partial charge is 0.481 e. The van der Waals surface area contributed by atoms with Crippen LogP contribution in [0.2, 0.25) is 0 Å². The zero-order valence-electron chi connectivity index (χ0n) is 15.1. The Kier molecular flexibility index (Phi) is 5.56. The highest BCUT2D eigenvalue weighted by Crippen LogP contribution is 2.40. The van der Waals surface area contributed by atoms with Gasteiger partial charge in [-0.15, -0.1) is 0 Å². The number of pyridine rings is 1. The molecule has 30 heavy (non-hydrogen) atoms. The zero-order valence-corrected chi connectivity index (χ0v) is 15.1. The molecular formula is C21H13F6NO2. The lowest BCUT2D eigenvalue weighted by Gasteiger charge is -2.17. The van der Waals surface area contributed by atoms with Crippen molar-refractivity contribution < 1.29 is 36.2 Å². The SMILES string of the molecule is O=C(O)Cc1cc(-c2ccccc2C(F)(F)F)cnc1-c1ccccc1C(F)(F)F. The number of benzene rings is 2. The average Bonchev–Trinajstić information content (AvgIpc) is 2.66. The molecule has 0 saturated heterocycles. The van der Waals surface area contributed by atoms with E-state index < -0.39 is 35.9 Å². The molecule has 0 amide bonds. The van der Waals surface area contributed by atoms with Gasteiger partial charge in [0.25, 0.3) is 0 Å². The molecule has 3 rings (SSSR count). The van der Waals surface area contributed by atoms with Crippen LogP contribution in [0.3, 0.4) is 0 Å². The monoisotopic (exact) mass is 425 g/mol. The molecule has 0 fully saturated rings. The van der Waals surface area contributed by atoms with Crippen molar-refractivity contribution in [2.24, 2.45) is 0 Å². The summed E-state index contributed by atoms with van der Waals surface area (Å²) in [5.74, 6) is -1.36. The second-order valence-corrected chi connectivity index (χ2v) is 6.39. The number of carboxylic acids is 1. The van der Waals surface area contributed by atoms with Gasteiger partial charge >= 0.3 is 18.3 Å². The lowest BCUT2D eigenvalue weighted by molar-refractivity contribution is -0.138. The second-order valence-electron chi connectivity index (χ2n) is 6.39. The highest BCUT2D eigenvalue weighted by atomic mass is 19.4. The van der Waals surface area contributed by atoms with Crippen molar-refractivity contribution in [3.8, 4) is 22.4 Å². The number of aromatic nitrogens is 1. The lowest BCUT2D eigenvalue weighted by Crippen LogP contribution is -2.10. The van der Waals surface area contributed by atoms with E-state index in [0.717, 1.165) is 30.5 Å². The Morgan fingerprint density at radius 3 is 1.87 bits per heavy atom. The van der Waals surface area contributed by atoms with Crippen molar-refractivity contribution in [2.75, 3.05) is 0 Å². The molecule has 1 aromatic heterocycles. The van der Waals surface area contributed by atoms with Crippen molar-refractivity contribution in [3.63, 3.8) is 0 Å². The van der Waals surface area contributed by atoms with Crippen molar-refractivity contribution in [1.29, 1.82) is 0 Å². The number of aliphatic carboxylic acids is 1. The third-order valence-corrected chi connectivity index (χ3v) is 4.34. The molecule has 0 bridgehead atoms. The highest BCUT2D eigenvalue weighted by molar-refractivity contribution is 5.79. The molecule has 9 heteroatoms. The Morgan fingerprint density at radius 1 is 0.833 bits per heavy atom. The van der Waals surface area contributed by atoms with Gasteiger partial charge in [-0.25, -0.2) is 0 Å². The number of hydrogen-bond acceptors (Lipinski definition) is 2. The summed E-state index contributed by atoms with van der Waals surface area (Å²) in [5, 5.41) is 9.18. The molecule has 0 atom stereocenters. The number of carboxylic acid groups (broad SMARTS) is 1. The van der Waals surface area contributed by atoms with Gasteiger partial charge in [0.2, 0.25) is 0 Å². The van der Waals surface area contributed by atoms with Crippen molar-refractivity contribution in [1.82, 2.24) is 4.98 Å². The fourth-order valence-electron chi connectivity index (χ4n) is 3.12. The first-order valence-electron chi connectivity index (χ1n) is 8.52. The number of carbonyl (C=O) groups is 1. The Bertz CT molecular complexity index is 1090. The molecule has 0 unspecified atom stereocenters. The molecule has 1 heterocycles. The smallest absolute Gasteiger partial charge is 0.417 e. The number of alkyl halides is 6. The minimum atomic E-state index is -4.72. The summed E-state index contributed by atoms with van der Waals surface area (Å²) < 4.78 is 80.2. The van der Waals surface area contributed by atoms with Gasteiger partial charge in [0.1, 0.15) is 0 Å². The van der Waals surface area contributed by atoms with Crippen LogP contribution >= 0.6 is 0 Å². The first-order chi connectivity index (χ1) is 14.0. The fraction of sp³-hybridized carbons (Fsp3) is 0.143. The first-order valence-corrected chi connectivity index (χ1v) is 8.52. The van der Waals surface area contributed by atoms with Crippen LogP contribution in [0.25, 0.3) is 22.4 Å². The zero-order chi connectivity index (χ0) is 22.1. The van der Waals surface area contributed by atoms with Crippen LogP contribution in [0.4, 0.5) is 26.3 Å². The number of halogens is 6. The van der Waals surface area contributed by atoms with Gasteiger partial charge in [0, 0.05) is 17.3 Å². The van der Waals surface area contributed by atoms with E-state index in [4.69, 9.17) is 0 Å². The van der Waals surface area contributed by atoms with Crippen LogP contribution in [0, 0.1) is 0 Å². The quantitative estimate of drug-likeness (QED) is 0.516. The third kappa shape index (κ3) is 4.45. The summed E-state index contributed by atoms with van der Waals surface area (Å²) >= 11 is 0. The van der Waals surface area contributed by atoms with E-state index in [-0.39, 0.29) is 27.9 Å². The summed E-state index contributed by atoms with van der Waals surface area (Å²) in [7, 11) is 0. The maximum atomic E-state index is 13.4. The van der Waals surface area contributed by atoms with Crippen LogP contribution in [0.15, 0.2) is 60.8 Å². The van der Waals surface area contributed by atoms with Gasteiger partial charge < -0.3 is 5.11 Å². The number of rotatable bonds is 4. The highest BCUT2D eigenvalue weighted by Gasteiger charge is 2.35. The molecule has 1 N–H and O–H groups in total. The maximum absolute atomic E-state index is 13.4. The summed E-state index contributed by atoms with van der Waals surface area (Å²) in [5.41, 5.74) is -3.01. The van der Waals surface area contributed by atoms with Crippen LogP contribution in [0.1, 0.15) is 16.7 Å². The molecule has 0 aliphatic heterocycles. The van der Waals surface area contributed by atoms with Crippen LogP contribution in [-0.4, -0.2) is 16.1 Å². The van der Waals surface area contributed by atoms with E-state index in [1.807, 2.05) is 0 Å². The fourth-order valence-corrected chi connectivity index (χ4v) is 3.12.